The Morgan fingerprint density at radius 2 is 1.71 bits per heavy atom. The molecule has 4 N–H and O–H groups in total. The van der Waals surface area contributed by atoms with Crippen LogP contribution in [0, 0.1) is 0 Å². The second kappa shape index (κ2) is 5.61. The standard InChI is InChI=1S/C17H10N4O7/c18-13-12-7(14(25)19-15(12)26)4-9(22)21(13)8-3-1-2-6-11(8)17(28)20(16(6)27)5-10(23)24/h1-4H,5,18H2,(H,23,24)(H,19,25,26). The maximum absolute atomic E-state index is 12.7. The number of rotatable bonds is 3. The average Bonchev–Trinajstić information content (AvgIpc) is 3.03. The fourth-order valence-corrected chi connectivity index (χ4v) is 3.31. The van der Waals surface area contributed by atoms with Crippen molar-refractivity contribution in [2.24, 2.45) is 0 Å². The van der Waals surface area contributed by atoms with Gasteiger partial charge in [0.1, 0.15) is 12.4 Å². The van der Waals surface area contributed by atoms with E-state index in [-0.39, 0.29) is 33.8 Å². The number of aliphatic carboxylic acids is 1. The number of hydrogen-bond acceptors (Lipinski definition) is 7. The van der Waals surface area contributed by atoms with Crippen LogP contribution in [-0.4, -0.2) is 50.7 Å². The summed E-state index contributed by atoms with van der Waals surface area (Å²) in [4.78, 5) is 72.9. The first-order valence-electron chi connectivity index (χ1n) is 7.85. The van der Waals surface area contributed by atoms with Gasteiger partial charge in [-0.15, -0.1) is 0 Å². The number of benzene rings is 1. The molecule has 2 aliphatic heterocycles. The molecule has 0 spiro atoms. The van der Waals surface area contributed by atoms with Crippen molar-refractivity contribution in [1.29, 1.82) is 0 Å². The van der Waals surface area contributed by atoms with Crippen molar-refractivity contribution < 1.29 is 29.1 Å². The van der Waals surface area contributed by atoms with Crippen LogP contribution in [0.3, 0.4) is 0 Å². The summed E-state index contributed by atoms with van der Waals surface area (Å²) in [6, 6.07) is 4.92. The van der Waals surface area contributed by atoms with Gasteiger partial charge in [-0.2, -0.15) is 0 Å². The van der Waals surface area contributed by atoms with E-state index >= 15 is 0 Å². The van der Waals surface area contributed by atoms with Gasteiger partial charge in [-0.25, -0.2) is 0 Å². The van der Waals surface area contributed by atoms with Crippen molar-refractivity contribution in [2.45, 2.75) is 0 Å². The molecule has 2 aliphatic rings. The number of hydrogen-bond donors (Lipinski definition) is 3. The highest BCUT2D eigenvalue weighted by Crippen LogP contribution is 2.30. The molecular formula is C17H10N4O7. The van der Waals surface area contributed by atoms with Gasteiger partial charge >= 0.3 is 5.97 Å². The largest absolute Gasteiger partial charge is 0.480 e. The first kappa shape index (κ1) is 17.1. The van der Waals surface area contributed by atoms with E-state index < -0.39 is 41.7 Å². The number of carboxylic acids is 1. The van der Waals surface area contributed by atoms with Crippen molar-refractivity contribution in [1.82, 2.24) is 14.8 Å². The highest BCUT2D eigenvalue weighted by atomic mass is 16.4. The molecule has 3 heterocycles. The van der Waals surface area contributed by atoms with Gasteiger partial charge in [-0.3, -0.25) is 43.6 Å². The second-order valence-electron chi connectivity index (χ2n) is 6.07. The van der Waals surface area contributed by atoms with Gasteiger partial charge in [0.15, 0.2) is 0 Å². The molecule has 0 atom stereocenters. The van der Waals surface area contributed by atoms with Crippen LogP contribution in [0.15, 0.2) is 29.1 Å². The monoisotopic (exact) mass is 382 g/mol. The number of aromatic nitrogens is 1. The third-order valence-electron chi connectivity index (χ3n) is 4.46. The zero-order valence-corrected chi connectivity index (χ0v) is 13.9. The molecule has 0 saturated carbocycles. The fourth-order valence-electron chi connectivity index (χ4n) is 3.31. The first-order chi connectivity index (χ1) is 13.2. The molecule has 4 rings (SSSR count). The molecule has 11 heteroatoms. The van der Waals surface area contributed by atoms with Gasteiger partial charge < -0.3 is 10.8 Å². The molecule has 0 saturated heterocycles. The Kier molecular flexibility index (Phi) is 3.43. The summed E-state index contributed by atoms with van der Waals surface area (Å²) < 4.78 is 0.839. The predicted molar refractivity (Wildman–Crippen MR) is 91.3 cm³/mol. The lowest BCUT2D eigenvalue weighted by molar-refractivity contribution is -0.137. The van der Waals surface area contributed by atoms with Crippen molar-refractivity contribution in [2.75, 3.05) is 12.3 Å². The summed E-state index contributed by atoms with van der Waals surface area (Å²) in [6.07, 6.45) is 0. The zero-order chi connectivity index (χ0) is 20.3. The van der Waals surface area contributed by atoms with Crippen molar-refractivity contribution in [3.8, 4) is 5.69 Å². The Labute approximate surface area is 155 Å². The molecule has 140 valence electrons. The SMILES string of the molecule is Nc1c2c(cc(=O)n1-c1cccc3c1C(=O)N(CC(=O)O)C3=O)C(=O)NC2=O. The minimum atomic E-state index is -1.39. The maximum Gasteiger partial charge on any atom is 0.323 e. The fraction of sp³-hybridized carbons (Fsp3) is 0.0588. The van der Waals surface area contributed by atoms with Gasteiger partial charge in [0, 0.05) is 6.07 Å². The van der Waals surface area contributed by atoms with Crippen LogP contribution in [0.25, 0.3) is 5.69 Å². The maximum atomic E-state index is 12.7. The lowest BCUT2D eigenvalue weighted by atomic mass is 10.1. The lowest BCUT2D eigenvalue weighted by Gasteiger charge is -2.14. The zero-order valence-electron chi connectivity index (χ0n) is 13.9. The Bertz CT molecular complexity index is 1210. The van der Waals surface area contributed by atoms with E-state index in [1.165, 1.54) is 18.2 Å². The first-order valence-corrected chi connectivity index (χ1v) is 7.85. The topological polar surface area (TPSA) is 169 Å². The number of carboxylic acid groups (broad SMARTS) is 1. The second-order valence-corrected chi connectivity index (χ2v) is 6.07. The Morgan fingerprint density at radius 1 is 1.00 bits per heavy atom. The quantitative estimate of drug-likeness (QED) is 0.567. The number of carbonyl (C=O) groups is 5. The summed E-state index contributed by atoms with van der Waals surface area (Å²) in [5, 5.41) is 10.9. The molecule has 0 unspecified atom stereocenters. The van der Waals surface area contributed by atoms with Crippen LogP contribution < -0.4 is 16.6 Å². The van der Waals surface area contributed by atoms with Crippen LogP contribution in [-0.2, 0) is 4.79 Å². The number of nitrogens with two attached hydrogens (primary N) is 1. The summed E-state index contributed by atoms with van der Waals surface area (Å²) in [5.74, 6) is -5.08. The molecule has 28 heavy (non-hydrogen) atoms. The van der Waals surface area contributed by atoms with Crippen molar-refractivity contribution in [3.63, 3.8) is 0 Å². The third kappa shape index (κ3) is 2.16. The molecule has 0 aliphatic carbocycles. The molecule has 4 amide bonds. The molecular weight excluding hydrogens is 372 g/mol. The Balaban J connectivity index is 1.98. The molecule has 0 fully saturated rings. The summed E-state index contributed by atoms with van der Waals surface area (Å²) >= 11 is 0. The number of pyridine rings is 1. The van der Waals surface area contributed by atoms with Gasteiger partial charge in [0.05, 0.1) is 27.9 Å². The van der Waals surface area contributed by atoms with Gasteiger partial charge in [0.2, 0.25) is 0 Å². The minimum absolute atomic E-state index is 0.0961. The van der Waals surface area contributed by atoms with E-state index in [0.717, 1.165) is 10.6 Å². The normalized spacial score (nSPS) is 14.9. The summed E-state index contributed by atoms with van der Waals surface area (Å²) in [5.41, 5.74) is 4.33. The molecule has 1 aromatic heterocycles. The number of nitrogens with zero attached hydrogens (tertiary/aromatic N) is 2. The van der Waals surface area contributed by atoms with Crippen molar-refractivity contribution in [3.05, 3.63) is 56.9 Å². The molecule has 11 nitrogen and oxygen atoms in total. The number of fused-ring (bicyclic) bond motifs is 2. The number of imide groups is 2. The summed E-state index contributed by atoms with van der Waals surface area (Å²) in [7, 11) is 0. The van der Waals surface area contributed by atoms with E-state index in [1.807, 2.05) is 5.32 Å². The average molecular weight is 382 g/mol. The molecule has 1 aromatic carbocycles. The van der Waals surface area contributed by atoms with Gasteiger partial charge in [0.25, 0.3) is 29.2 Å². The van der Waals surface area contributed by atoms with Gasteiger partial charge in [-0.1, -0.05) is 6.07 Å². The minimum Gasteiger partial charge on any atom is -0.480 e. The van der Waals surface area contributed by atoms with E-state index in [2.05, 4.69) is 0 Å². The van der Waals surface area contributed by atoms with Crippen LogP contribution in [0.2, 0.25) is 0 Å². The van der Waals surface area contributed by atoms with Crippen LogP contribution >= 0.6 is 0 Å². The van der Waals surface area contributed by atoms with Crippen LogP contribution in [0.5, 0.6) is 0 Å². The summed E-state index contributed by atoms with van der Waals surface area (Å²) in [6.45, 7) is -0.850. The molecule has 0 bridgehead atoms. The van der Waals surface area contributed by atoms with Gasteiger partial charge in [-0.05, 0) is 12.1 Å². The van der Waals surface area contributed by atoms with Crippen molar-refractivity contribution >= 4 is 35.4 Å². The third-order valence-corrected chi connectivity index (χ3v) is 4.46. The van der Waals surface area contributed by atoms with Crippen LogP contribution in [0.1, 0.15) is 41.4 Å². The van der Waals surface area contributed by atoms with E-state index in [1.54, 1.807) is 0 Å². The van der Waals surface area contributed by atoms with E-state index in [9.17, 15) is 28.8 Å². The molecule has 0 radical (unpaired) electrons. The van der Waals surface area contributed by atoms with E-state index in [4.69, 9.17) is 10.8 Å². The van der Waals surface area contributed by atoms with E-state index in [0.29, 0.717) is 4.90 Å². The number of nitrogens with one attached hydrogen (secondary N) is 1. The smallest absolute Gasteiger partial charge is 0.323 e. The molecule has 2 aromatic rings. The highest BCUT2D eigenvalue weighted by molar-refractivity contribution is 6.25. The lowest BCUT2D eigenvalue weighted by Crippen LogP contribution is -2.35. The Morgan fingerprint density at radius 3 is 2.39 bits per heavy atom. The highest BCUT2D eigenvalue weighted by Gasteiger charge is 2.40. The van der Waals surface area contributed by atoms with Crippen LogP contribution in [0.4, 0.5) is 5.82 Å². The Hall–Kier alpha value is -4.28. The number of carbonyl (C=O) groups excluding carboxylic acids is 4. The number of nitrogen functional groups attached to an aromatic ring is 1. The predicted octanol–water partition coefficient (Wildman–Crippen LogP) is -1.02. The number of anilines is 1. The number of amides is 4.